The zero-order valence-electron chi connectivity index (χ0n) is 15.9. The summed E-state index contributed by atoms with van der Waals surface area (Å²) in [5.41, 5.74) is -0.764. The summed E-state index contributed by atoms with van der Waals surface area (Å²) in [6, 6.07) is 2.44. The molecule has 1 aromatic rings. The van der Waals surface area contributed by atoms with Crippen LogP contribution in [-0.4, -0.2) is 59.4 Å². The molecule has 156 valence electrons. The second-order valence-corrected chi connectivity index (χ2v) is 7.76. The lowest BCUT2D eigenvalue weighted by Crippen LogP contribution is -2.43. The van der Waals surface area contributed by atoms with Gasteiger partial charge in [-0.25, -0.2) is 4.98 Å². The maximum Gasteiger partial charge on any atom is 0.417 e. The minimum Gasteiger partial charge on any atom is -0.355 e. The summed E-state index contributed by atoms with van der Waals surface area (Å²) >= 11 is 0. The lowest BCUT2D eigenvalue weighted by molar-refractivity contribution is -0.142. The SMILES string of the molecule is O=C1[C@@H]2CC=CC[C@H]2C(=O)N1CN1CCCN(c2ccc(C(F)(F)F)cn2)CC1. The summed E-state index contributed by atoms with van der Waals surface area (Å²) in [5, 5.41) is 0. The number of carbonyl (C=O) groups excluding carboxylic acids is 2. The zero-order valence-corrected chi connectivity index (χ0v) is 15.9. The highest BCUT2D eigenvalue weighted by Gasteiger charge is 2.47. The Kier molecular flexibility index (Phi) is 5.33. The van der Waals surface area contributed by atoms with E-state index in [4.69, 9.17) is 0 Å². The van der Waals surface area contributed by atoms with Crippen molar-refractivity contribution >= 4 is 17.6 Å². The first-order valence-corrected chi connectivity index (χ1v) is 9.85. The molecule has 2 fully saturated rings. The predicted molar refractivity (Wildman–Crippen MR) is 99.7 cm³/mol. The van der Waals surface area contributed by atoms with Crippen LogP contribution in [0.3, 0.4) is 0 Å². The summed E-state index contributed by atoms with van der Waals surface area (Å²) in [5.74, 6) is -0.130. The topological polar surface area (TPSA) is 56.8 Å². The molecule has 0 aromatic carbocycles. The average molecular weight is 408 g/mol. The maximum atomic E-state index is 12.7. The molecule has 29 heavy (non-hydrogen) atoms. The van der Waals surface area contributed by atoms with E-state index in [9.17, 15) is 22.8 Å². The van der Waals surface area contributed by atoms with E-state index in [2.05, 4.69) is 9.88 Å². The molecular weight excluding hydrogens is 385 g/mol. The van der Waals surface area contributed by atoms with E-state index in [1.165, 1.54) is 11.0 Å². The third kappa shape index (κ3) is 4.01. The minimum absolute atomic E-state index is 0.0881. The fourth-order valence-corrected chi connectivity index (χ4v) is 4.29. The fraction of sp³-hybridized carbons (Fsp3) is 0.550. The lowest BCUT2D eigenvalue weighted by atomic mass is 9.85. The lowest BCUT2D eigenvalue weighted by Gasteiger charge is -2.26. The molecule has 1 aliphatic carbocycles. The molecule has 0 bridgehead atoms. The van der Waals surface area contributed by atoms with Gasteiger partial charge in [0.05, 0.1) is 24.1 Å². The molecule has 0 spiro atoms. The number of imide groups is 1. The number of amides is 2. The van der Waals surface area contributed by atoms with Crippen molar-refractivity contribution in [3.63, 3.8) is 0 Å². The van der Waals surface area contributed by atoms with E-state index >= 15 is 0 Å². The van der Waals surface area contributed by atoms with Crippen molar-refractivity contribution in [3.05, 3.63) is 36.0 Å². The molecule has 4 rings (SSSR count). The van der Waals surface area contributed by atoms with Crippen LogP contribution in [0.4, 0.5) is 19.0 Å². The second-order valence-electron chi connectivity index (χ2n) is 7.76. The number of nitrogens with zero attached hydrogens (tertiary/aromatic N) is 4. The molecule has 6 nitrogen and oxygen atoms in total. The van der Waals surface area contributed by atoms with Crippen molar-refractivity contribution in [2.45, 2.75) is 25.4 Å². The van der Waals surface area contributed by atoms with Crippen LogP contribution >= 0.6 is 0 Å². The van der Waals surface area contributed by atoms with Gasteiger partial charge in [-0.3, -0.25) is 19.4 Å². The van der Waals surface area contributed by atoms with Gasteiger partial charge in [-0.05, 0) is 31.4 Å². The molecule has 0 radical (unpaired) electrons. The van der Waals surface area contributed by atoms with Crippen LogP contribution in [0.2, 0.25) is 0 Å². The number of allylic oxidation sites excluding steroid dienone is 2. The van der Waals surface area contributed by atoms with Crippen molar-refractivity contribution in [1.29, 1.82) is 0 Å². The first kappa shape index (κ1) is 19.9. The number of fused-ring (bicyclic) bond motifs is 1. The largest absolute Gasteiger partial charge is 0.417 e. The third-order valence-corrected chi connectivity index (χ3v) is 5.93. The number of pyridine rings is 1. The third-order valence-electron chi connectivity index (χ3n) is 5.93. The fourth-order valence-electron chi connectivity index (χ4n) is 4.29. The van der Waals surface area contributed by atoms with Crippen LogP contribution in [0, 0.1) is 11.8 Å². The Morgan fingerprint density at radius 1 is 0.966 bits per heavy atom. The number of likely N-dealkylation sites (tertiary alicyclic amines) is 1. The van der Waals surface area contributed by atoms with Crippen LogP contribution in [0.25, 0.3) is 0 Å². The van der Waals surface area contributed by atoms with E-state index in [0.717, 1.165) is 18.7 Å². The summed E-state index contributed by atoms with van der Waals surface area (Å²) in [6.07, 6.45) is 2.41. The highest BCUT2D eigenvalue weighted by atomic mass is 19.4. The smallest absolute Gasteiger partial charge is 0.355 e. The first-order chi connectivity index (χ1) is 13.8. The predicted octanol–water partition coefficient (Wildman–Crippen LogP) is 2.52. The van der Waals surface area contributed by atoms with Gasteiger partial charge in [-0.1, -0.05) is 12.2 Å². The molecule has 9 heteroatoms. The van der Waals surface area contributed by atoms with Crippen LogP contribution in [-0.2, 0) is 15.8 Å². The summed E-state index contributed by atoms with van der Waals surface area (Å²) in [4.78, 5) is 34.6. The van der Waals surface area contributed by atoms with E-state index in [1.54, 1.807) is 0 Å². The molecule has 2 atom stereocenters. The van der Waals surface area contributed by atoms with Crippen LogP contribution in [0.1, 0.15) is 24.8 Å². The molecule has 2 saturated heterocycles. The van der Waals surface area contributed by atoms with Crippen LogP contribution in [0.5, 0.6) is 0 Å². The van der Waals surface area contributed by atoms with Crippen molar-refractivity contribution in [3.8, 4) is 0 Å². The molecule has 3 aliphatic rings. The maximum absolute atomic E-state index is 12.7. The molecule has 0 N–H and O–H groups in total. The van der Waals surface area contributed by atoms with E-state index < -0.39 is 11.7 Å². The zero-order chi connectivity index (χ0) is 20.6. The molecule has 3 heterocycles. The van der Waals surface area contributed by atoms with Gasteiger partial charge in [0.1, 0.15) is 5.82 Å². The van der Waals surface area contributed by atoms with E-state index in [1.807, 2.05) is 17.1 Å². The van der Waals surface area contributed by atoms with Gasteiger partial charge in [0.2, 0.25) is 11.8 Å². The molecular formula is C20H23F3N4O2. The van der Waals surface area contributed by atoms with Gasteiger partial charge in [-0.2, -0.15) is 13.2 Å². The van der Waals surface area contributed by atoms with Crippen molar-refractivity contribution in [2.24, 2.45) is 11.8 Å². The Balaban J connectivity index is 1.37. The van der Waals surface area contributed by atoms with Gasteiger partial charge >= 0.3 is 6.18 Å². The minimum atomic E-state index is -4.40. The number of aromatic nitrogens is 1. The van der Waals surface area contributed by atoms with Gasteiger partial charge in [0.15, 0.2) is 0 Å². The monoisotopic (exact) mass is 408 g/mol. The molecule has 1 aromatic heterocycles. The molecule has 2 aliphatic heterocycles. The van der Waals surface area contributed by atoms with Crippen molar-refractivity contribution in [1.82, 2.24) is 14.8 Å². The average Bonchev–Trinajstić information content (AvgIpc) is 2.87. The summed E-state index contributed by atoms with van der Waals surface area (Å²) in [6.45, 7) is 2.82. The van der Waals surface area contributed by atoms with E-state index in [-0.39, 0.29) is 30.3 Å². The summed E-state index contributed by atoms with van der Waals surface area (Å²) in [7, 11) is 0. The van der Waals surface area contributed by atoms with Gasteiger partial charge in [-0.15, -0.1) is 0 Å². The molecule has 0 unspecified atom stereocenters. The Bertz CT molecular complexity index is 783. The van der Waals surface area contributed by atoms with Gasteiger partial charge < -0.3 is 4.90 Å². The normalized spacial score (nSPS) is 26.0. The second kappa shape index (κ2) is 7.78. The van der Waals surface area contributed by atoms with Gasteiger partial charge in [0.25, 0.3) is 0 Å². The Hall–Kier alpha value is -2.42. The quantitative estimate of drug-likeness (QED) is 0.568. The van der Waals surface area contributed by atoms with Crippen molar-refractivity contribution < 1.29 is 22.8 Å². The number of rotatable bonds is 3. The Morgan fingerprint density at radius 3 is 2.24 bits per heavy atom. The molecule has 2 amide bonds. The number of carbonyl (C=O) groups is 2. The highest BCUT2D eigenvalue weighted by molar-refractivity contribution is 6.05. The highest BCUT2D eigenvalue weighted by Crippen LogP contribution is 2.35. The molecule has 0 saturated carbocycles. The number of halogens is 3. The number of hydrogen-bond donors (Lipinski definition) is 0. The van der Waals surface area contributed by atoms with Crippen molar-refractivity contribution in [2.75, 3.05) is 37.7 Å². The number of hydrogen-bond acceptors (Lipinski definition) is 5. The Labute approximate surface area is 167 Å². The first-order valence-electron chi connectivity index (χ1n) is 9.85. The number of alkyl halides is 3. The number of anilines is 1. The van der Waals surface area contributed by atoms with Gasteiger partial charge in [0, 0.05) is 32.4 Å². The van der Waals surface area contributed by atoms with E-state index in [0.29, 0.717) is 44.8 Å². The van der Waals surface area contributed by atoms with Crippen LogP contribution in [0.15, 0.2) is 30.5 Å². The standard InChI is InChI=1S/C20H23F3N4O2/c21-20(22,23)14-6-7-17(24-12-14)26-9-3-8-25(10-11-26)13-27-18(28)15-4-1-2-5-16(15)19(27)29/h1-2,6-7,12,15-16H,3-5,8-11,13H2/t15-,16-/m1/s1. The van der Waals surface area contributed by atoms with Crippen LogP contribution < -0.4 is 4.90 Å². The summed E-state index contributed by atoms with van der Waals surface area (Å²) < 4.78 is 38.2. The Morgan fingerprint density at radius 2 is 1.66 bits per heavy atom.